The van der Waals surface area contributed by atoms with Crippen LogP contribution in [0.4, 0.5) is 10.1 Å². The lowest BCUT2D eigenvalue weighted by atomic mass is 10.2. The second-order valence-electron chi connectivity index (χ2n) is 6.69. The summed E-state index contributed by atoms with van der Waals surface area (Å²) in [5.74, 6) is 0.326. The van der Waals surface area contributed by atoms with E-state index in [0.29, 0.717) is 22.4 Å². The summed E-state index contributed by atoms with van der Waals surface area (Å²) in [6, 6.07) is 23.4. The first-order valence-electron chi connectivity index (χ1n) is 9.37. The number of benzene rings is 3. The van der Waals surface area contributed by atoms with Gasteiger partial charge in [-0.1, -0.05) is 42.5 Å². The van der Waals surface area contributed by atoms with Gasteiger partial charge in [0.2, 0.25) is 0 Å². The fourth-order valence-corrected chi connectivity index (χ4v) is 3.82. The van der Waals surface area contributed by atoms with Gasteiger partial charge in [-0.3, -0.25) is 9.69 Å². The summed E-state index contributed by atoms with van der Waals surface area (Å²) < 4.78 is 18.9. The summed E-state index contributed by atoms with van der Waals surface area (Å²) in [5, 5.41) is 0.556. The molecule has 1 amide bonds. The van der Waals surface area contributed by atoms with Crippen LogP contribution in [-0.2, 0) is 11.4 Å². The van der Waals surface area contributed by atoms with Crippen molar-refractivity contribution in [1.29, 1.82) is 0 Å². The van der Waals surface area contributed by atoms with Gasteiger partial charge < -0.3 is 4.74 Å². The maximum Gasteiger partial charge on any atom is 0.266 e. The van der Waals surface area contributed by atoms with Gasteiger partial charge in [-0.25, -0.2) is 9.38 Å². The number of likely N-dealkylation sites (N-methyl/N-ethyl adjacent to an activating group) is 1. The van der Waals surface area contributed by atoms with Gasteiger partial charge in [-0.05, 0) is 65.4 Å². The molecule has 150 valence electrons. The number of hydrogen-bond acceptors (Lipinski definition) is 4. The topological polar surface area (TPSA) is 41.9 Å². The molecule has 3 aromatic carbocycles. The summed E-state index contributed by atoms with van der Waals surface area (Å²) in [6.07, 6.45) is 1.83. The Morgan fingerprint density at radius 2 is 1.70 bits per heavy atom. The van der Waals surface area contributed by atoms with Crippen LogP contribution in [0.2, 0.25) is 0 Å². The molecule has 1 heterocycles. The highest BCUT2D eigenvalue weighted by molar-refractivity contribution is 8.18. The average molecular weight is 418 g/mol. The van der Waals surface area contributed by atoms with Gasteiger partial charge in [0, 0.05) is 7.05 Å². The zero-order valence-electron chi connectivity index (χ0n) is 16.3. The lowest BCUT2D eigenvalue weighted by Crippen LogP contribution is -2.23. The summed E-state index contributed by atoms with van der Waals surface area (Å²) in [7, 11) is 1.68. The van der Waals surface area contributed by atoms with Crippen molar-refractivity contribution in [2.24, 2.45) is 4.99 Å². The van der Waals surface area contributed by atoms with E-state index in [1.54, 1.807) is 19.2 Å². The quantitative estimate of drug-likeness (QED) is 0.504. The van der Waals surface area contributed by atoms with Crippen LogP contribution in [0.5, 0.6) is 5.75 Å². The van der Waals surface area contributed by atoms with Crippen LogP contribution in [0.1, 0.15) is 11.1 Å². The predicted molar refractivity (Wildman–Crippen MR) is 119 cm³/mol. The largest absolute Gasteiger partial charge is 0.489 e. The molecule has 0 aliphatic carbocycles. The van der Waals surface area contributed by atoms with Gasteiger partial charge in [0.15, 0.2) is 5.17 Å². The minimum Gasteiger partial charge on any atom is -0.489 e. The van der Waals surface area contributed by atoms with Crippen molar-refractivity contribution in [3.05, 3.63) is 101 Å². The van der Waals surface area contributed by atoms with Crippen molar-refractivity contribution in [3.63, 3.8) is 0 Å². The third-order valence-corrected chi connectivity index (χ3v) is 5.54. The van der Waals surface area contributed by atoms with E-state index in [0.717, 1.165) is 16.9 Å². The zero-order chi connectivity index (χ0) is 20.9. The molecule has 0 radical (unpaired) electrons. The molecule has 1 fully saturated rings. The van der Waals surface area contributed by atoms with Gasteiger partial charge in [-0.15, -0.1) is 0 Å². The van der Waals surface area contributed by atoms with Crippen molar-refractivity contribution >= 4 is 34.6 Å². The van der Waals surface area contributed by atoms with Gasteiger partial charge in [0.1, 0.15) is 18.2 Å². The van der Waals surface area contributed by atoms with Gasteiger partial charge in [0.05, 0.1) is 10.6 Å². The number of aliphatic imine (C=N–C) groups is 1. The Bertz CT molecular complexity index is 1090. The van der Waals surface area contributed by atoms with E-state index in [4.69, 9.17) is 4.74 Å². The highest BCUT2D eigenvalue weighted by Gasteiger charge is 2.30. The first-order chi connectivity index (χ1) is 14.6. The fraction of sp³-hybridized carbons (Fsp3) is 0.0833. The number of halogens is 1. The molecule has 0 spiro atoms. The summed E-state index contributed by atoms with van der Waals surface area (Å²) in [6.45, 7) is 0.504. The smallest absolute Gasteiger partial charge is 0.266 e. The summed E-state index contributed by atoms with van der Waals surface area (Å²) >= 11 is 1.29. The molecule has 30 heavy (non-hydrogen) atoms. The van der Waals surface area contributed by atoms with Crippen LogP contribution < -0.4 is 4.74 Å². The molecule has 6 heteroatoms. The van der Waals surface area contributed by atoms with E-state index in [1.807, 2.05) is 60.7 Å². The number of carbonyl (C=O) groups excluding carboxylic acids is 1. The van der Waals surface area contributed by atoms with E-state index in [9.17, 15) is 9.18 Å². The monoisotopic (exact) mass is 418 g/mol. The van der Waals surface area contributed by atoms with Gasteiger partial charge in [0.25, 0.3) is 5.91 Å². The molecule has 1 aliphatic rings. The lowest BCUT2D eigenvalue weighted by molar-refractivity contribution is -0.121. The standard InChI is InChI=1S/C24H19FN2O2S/c1-27-23(28)22(30-24(27)26-20-11-9-19(25)10-12-20)15-17-7-13-21(14-8-17)29-16-18-5-3-2-4-6-18/h2-15H,16H2,1H3/b22-15+,26-24?. The van der Waals surface area contributed by atoms with E-state index in [1.165, 1.54) is 28.8 Å². The number of carbonyl (C=O) groups is 1. The highest BCUT2D eigenvalue weighted by Crippen LogP contribution is 2.33. The highest BCUT2D eigenvalue weighted by atomic mass is 32.2. The molecule has 0 saturated carbocycles. The third kappa shape index (κ3) is 4.78. The van der Waals surface area contributed by atoms with Crippen molar-refractivity contribution in [1.82, 2.24) is 4.90 Å². The molecule has 1 aliphatic heterocycles. The van der Waals surface area contributed by atoms with Crippen LogP contribution in [-0.4, -0.2) is 23.0 Å². The molecule has 4 nitrogen and oxygen atoms in total. The average Bonchev–Trinajstić information content (AvgIpc) is 3.03. The second-order valence-corrected chi connectivity index (χ2v) is 7.70. The Hall–Kier alpha value is -3.38. The number of hydrogen-bond donors (Lipinski definition) is 0. The van der Waals surface area contributed by atoms with Crippen LogP contribution in [0.3, 0.4) is 0 Å². The predicted octanol–water partition coefficient (Wildman–Crippen LogP) is 5.64. The lowest BCUT2D eigenvalue weighted by Gasteiger charge is -2.07. The molecule has 0 bridgehead atoms. The molecular weight excluding hydrogens is 399 g/mol. The molecule has 0 unspecified atom stereocenters. The Balaban J connectivity index is 1.45. The molecule has 3 aromatic rings. The fourth-order valence-electron chi connectivity index (χ4n) is 2.83. The second kappa shape index (κ2) is 8.97. The number of rotatable bonds is 5. The minimum atomic E-state index is -0.320. The number of amidine groups is 1. The number of amides is 1. The van der Waals surface area contributed by atoms with E-state index in [2.05, 4.69) is 4.99 Å². The Morgan fingerprint density at radius 3 is 2.40 bits per heavy atom. The Kier molecular flexibility index (Phi) is 5.95. The van der Waals surface area contributed by atoms with Crippen LogP contribution in [0.15, 0.2) is 88.8 Å². The van der Waals surface area contributed by atoms with Crippen LogP contribution in [0.25, 0.3) is 6.08 Å². The third-order valence-electron chi connectivity index (χ3n) is 4.48. The summed E-state index contributed by atoms with van der Waals surface area (Å²) in [4.78, 5) is 19.1. The van der Waals surface area contributed by atoms with Crippen molar-refractivity contribution in [3.8, 4) is 5.75 Å². The van der Waals surface area contributed by atoms with Crippen molar-refractivity contribution < 1.29 is 13.9 Å². The molecule has 0 aromatic heterocycles. The van der Waals surface area contributed by atoms with Gasteiger partial charge in [-0.2, -0.15) is 0 Å². The molecule has 4 rings (SSSR count). The van der Waals surface area contributed by atoms with Gasteiger partial charge >= 0.3 is 0 Å². The first kappa shape index (κ1) is 19.9. The molecule has 0 N–H and O–H groups in total. The van der Waals surface area contributed by atoms with E-state index >= 15 is 0 Å². The van der Waals surface area contributed by atoms with Crippen LogP contribution in [0, 0.1) is 5.82 Å². The number of ether oxygens (including phenoxy) is 1. The zero-order valence-corrected chi connectivity index (χ0v) is 17.1. The molecule has 1 saturated heterocycles. The van der Waals surface area contributed by atoms with E-state index < -0.39 is 0 Å². The molecule has 0 atom stereocenters. The maximum absolute atomic E-state index is 13.1. The summed E-state index contributed by atoms with van der Waals surface area (Å²) in [5.41, 5.74) is 2.60. The minimum absolute atomic E-state index is 0.120. The SMILES string of the molecule is CN1C(=O)/C(=C\c2ccc(OCc3ccccc3)cc2)SC1=Nc1ccc(F)cc1. The van der Waals surface area contributed by atoms with Crippen LogP contribution >= 0.6 is 11.8 Å². The first-order valence-corrected chi connectivity index (χ1v) is 10.2. The maximum atomic E-state index is 13.1. The molecular formula is C24H19FN2O2S. The normalized spacial score (nSPS) is 16.5. The van der Waals surface area contributed by atoms with Crippen molar-refractivity contribution in [2.45, 2.75) is 6.61 Å². The van der Waals surface area contributed by atoms with E-state index in [-0.39, 0.29) is 11.7 Å². The Morgan fingerprint density at radius 1 is 1.00 bits per heavy atom. The Labute approximate surface area is 178 Å². The number of nitrogens with zero attached hydrogens (tertiary/aromatic N) is 2. The van der Waals surface area contributed by atoms with Crippen molar-refractivity contribution in [2.75, 3.05) is 7.05 Å². The number of thioether (sulfide) groups is 1.